The summed E-state index contributed by atoms with van der Waals surface area (Å²) in [6.45, 7) is 8.39. The van der Waals surface area contributed by atoms with Gasteiger partial charge in [0.15, 0.2) is 0 Å². The topological polar surface area (TPSA) is 26.0 Å². The molecule has 0 aliphatic heterocycles. The zero-order valence-corrected chi connectivity index (χ0v) is 10.0. The van der Waals surface area contributed by atoms with E-state index in [2.05, 4.69) is 26.8 Å². The fourth-order valence-electron chi connectivity index (χ4n) is 1.30. The summed E-state index contributed by atoms with van der Waals surface area (Å²) >= 11 is 6.05. The van der Waals surface area contributed by atoms with Crippen molar-refractivity contribution in [3.05, 3.63) is 34.3 Å². The van der Waals surface area contributed by atoms with E-state index in [9.17, 15) is 0 Å². The molecule has 1 atom stereocenters. The number of hydrogen-bond donors (Lipinski definition) is 1. The van der Waals surface area contributed by atoms with Crippen LogP contribution in [-0.4, -0.2) is 0 Å². The third kappa shape index (κ3) is 2.49. The standard InChI is InChI=1S/C12H18ClN/c1-8-5-6-9(7-10(8)13)11(14)12(2,3)4/h5-7,11H,14H2,1-4H3/t11-/m1/s1. The van der Waals surface area contributed by atoms with Gasteiger partial charge in [-0.2, -0.15) is 0 Å². The van der Waals surface area contributed by atoms with Crippen molar-refractivity contribution in [2.24, 2.45) is 11.1 Å². The molecule has 2 N–H and O–H groups in total. The van der Waals surface area contributed by atoms with Crippen molar-refractivity contribution < 1.29 is 0 Å². The normalized spacial score (nSPS) is 14.1. The number of nitrogens with two attached hydrogens (primary N) is 1. The van der Waals surface area contributed by atoms with Crippen LogP contribution in [0.1, 0.15) is 37.9 Å². The van der Waals surface area contributed by atoms with Gasteiger partial charge in [0.05, 0.1) is 0 Å². The molecular weight excluding hydrogens is 194 g/mol. The molecule has 78 valence electrons. The van der Waals surface area contributed by atoms with Crippen LogP contribution in [0.15, 0.2) is 18.2 Å². The van der Waals surface area contributed by atoms with Crippen LogP contribution in [0.5, 0.6) is 0 Å². The molecule has 0 saturated heterocycles. The van der Waals surface area contributed by atoms with Gasteiger partial charge >= 0.3 is 0 Å². The van der Waals surface area contributed by atoms with E-state index in [1.165, 1.54) is 0 Å². The van der Waals surface area contributed by atoms with Gasteiger partial charge in [-0.05, 0) is 29.5 Å². The van der Waals surface area contributed by atoms with E-state index in [1.807, 2.05) is 19.1 Å². The first-order valence-electron chi connectivity index (χ1n) is 4.84. The van der Waals surface area contributed by atoms with Gasteiger partial charge < -0.3 is 5.73 Å². The Morgan fingerprint density at radius 2 is 1.86 bits per heavy atom. The summed E-state index contributed by atoms with van der Waals surface area (Å²) in [6.07, 6.45) is 0. The molecule has 0 aliphatic rings. The summed E-state index contributed by atoms with van der Waals surface area (Å²) in [4.78, 5) is 0. The van der Waals surface area contributed by atoms with Gasteiger partial charge in [-0.3, -0.25) is 0 Å². The van der Waals surface area contributed by atoms with Gasteiger partial charge in [-0.1, -0.05) is 44.5 Å². The van der Waals surface area contributed by atoms with Crippen molar-refractivity contribution in [3.63, 3.8) is 0 Å². The average Bonchev–Trinajstić information content (AvgIpc) is 2.07. The van der Waals surface area contributed by atoms with Crippen LogP contribution < -0.4 is 5.73 Å². The molecule has 0 amide bonds. The third-order valence-electron chi connectivity index (χ3n) is 2.49. The molecular formula is C12H18ClN. The highest BCUT2D eigenvalue weighted by Crippen LogP contribution is 2.32. The van der Waals surface area contributed by atoms with Crippen LogP contribution in [0.25, 0.3) is 0 Å². The fraction of sp³-hybridized carbons (Fsp3) is 0.500. The van der Waals surface area contributed by atoms with E-state index in [4.69, 9.17) is 17.3 Å². The second-order valence-corrected chi connectivity index (χ2v) is 5.26. The van der Waals surface area contributed by atoms with Crippen LogP contribution in [-0.2, 0) is 0 Å². The maximum absolute atomic E-state index is 6.13. The molecule has 0 saturated carbocycles. The van der Waals surface area contributed by atoms with E-state index < -0.39 is 0 Å². The highest BCUT2D eigenvalue weighted by Gasteiger charge is 2.22. The Bertz CT molecular complexity index is 326. The van der Waals surface area contributed by atoms with Crippen molar-refractivity contribution in [2.75, 3.05) is 0 Å². The first-order valence-corrected chi connectivity index (χ1v) is 5.22. The number of hydrogen-bond acceptors (Lipinski definition) is 1. The van der Waals surface area contributed by atoms with E-state index in [-0.39, 0.29) is 11.5 Å². The Labute approximate surface area is 91.3 Å². The molecule has 0 aromatic heterocycles. The van der Waals surface area contributed by atoms with Crippen molar-refractivity contribution >= 4 is 11.6 Å². The lowest BCUT2D eigenvalue weighted by atomic mass is 9.83. The summed E-state index contributed by atoms with van der Waals surface area (Å²) < 4.78 is 0. The Hall–Kier alpha value is -0.530. The maximum Gasteiger partial charge on any atom is 0.0438 e. The van der Waals surface area contributed by atoms with Crippen molar-refractivity contribution in [3.8, 4) is 0 Å². The summed E-state index contributed by atoms with van der Waals surface area (Å²) in [6, 6.07) is 6.06. The van der Waals surface area contributed by atoms with Gasteiger partial charge in [-0.25, -0.2) is 0 Å². The van der Waals surface area contributed by atoms with Crippen molar-refractivity contribution in [1.29, 1.82) is 0 Å². The molecule has 0 fully saturated rings. The molecule has 0 aliphatic carbocycles. The lowest BCUT2D eigenvalue weighted by molar-refractivity contribution is 0.327. The Morgan fingerprint density at radius 3 is 2.29 bits per heavy atom. The smallest absolute Gasteiger partial charge is 0.0438 e. The minimum Gasteiger partial charge on any atom is -0.324 e. The minimum atomic E-state index is 0.0283. The molecule has 0 unspecified atom stereocenters. The number of halogens is 1. The molecule has 2 heteroatoms. The zero-order chi connectivity index (χ0) is 10.9. The molecule has 1 nitrogen and oxygen atoms in total. The molecule has 14 heavy (non-hydrogen) atoms. The summed E-state index contributed by atoms with van der Waals surface area (Å²) in [7, 11) is 0. The van der Waals surface area contributed by atoms with Crippen molar-refractivity contribution in [1.82, 2.24) is 0 Å². The van der Waals surface area contributed by atoms with E-state index in [1.54, 1.807) is 0 Å². The molecule has 0 radical (unpaired) electrons. The molecule has 1 aromatic carbocycles. The number of benzene rings is 1. The monoisotopic (exact) mass is 211 g/mol. The minimum absolute atomic E-state index is 0.0283. The third-order valence-corrected chi connectivity index (χ3v) is 2.90. The van der Waals surface area contributed by atoms with Gasteiger partial charge in [0.25, 0.3) is 0 Å². The Kier molecular flexibility index (Phi) is 3.23. The number of aryl methyl sites for hydroxylation is 1. The molecule has 0 bridgehead atoms. The SMILES string of the molecule is Cc1ccc([C@@H](N)C(C)(C)C)cc1Cl. The highest BCUT2D eigenvalue weighted by atomic mass is 35.5. The summed E-state index contributed by atoms with van der Waals surface area (Å²) in [5.74, 6) is 0. The lowest BCUT2D eigenvalue weighted by Gasteiger charge is -2.27. The lowest BCUT2D eigenvalue weighted by Crippen LogP contribution is -2.26. The average molecular weight is 212 g/mol. The van der Waals surface area contributed by atoms with Crippen LogP contribution in [0.2, 0.25) is 5.02 Å². The predicted octanol–water partition coefficient (Wildman–Crippen LogP) is 3.69. The Balaban J connectivity index is 3.03. The van der Waals surface area contributed by atoms with Crippen LogP contribution >= 0.6 is 11.6 Å². The second kappa shape index (κ2) is 3.92. The second-order valence-electron chi connectivity index (χ2n) is 4.85. The largest absolute Gasteiger partial charge is 0.324 e. The molecule has 0 heterocycles. The quantitative estimate of drug-likeness (QED) is 0.754. The molecule has 0 spiro atoms. The first kappa shape index (κ1) is 11.5. The first-order chi connectivity index (χ1) is 6.32. The molecule has 1 aromatic rings. The van der Waals surface area contributed by atoms with E-state index in [0.717, 1.165) is 16.1 Å². The van der Waals surface area contributed by atoms with E-state index >= 15 is 0 Å². The highest BCUT2D eigenvalue weighted by molar-refractivity contribution is 6.31. The Morgan fingerprint density at radius 1 is 1.29 bits per heavy atom. The van der Waals surface area contributed by atoms with Crippen LogP contribution in [0.4, 0.5) is 0 Å². The number of rotatable bonds is 1. The maximum atomic E-state index is 6.13. The van der Waals surface area contributed by atoms with Crippen LogP contribution in [0.3, 0.4) is 0 Å². The van der Waals surface area contributed by atoms with Gasteiger partial charge in [-0.15, -0.1) is 0 Å². The van der Waals surface area contributed by atoms with Gasteiger partial charge in [0, 0.05) is 11.1 Å². The fourth-order valence-corrected chi connectivity index (χ4v) is 1.49. The molecule has 1 rings (SSSR count). The van der Waals surface area contributed by atoms with Gasteiger partial charge in [0.1, 0.15) is 0 Å². The van der Waals surface area contributed by atoms with Crippen LogP contribution in [0, 0.1) is 12.3 Å². The summed E-state index contributed by atoms with van der Waals surface area (Å²) in [5, 5.41) is 0.794. The summed E-state index contributed by atoms with van der Waals surface area (Å²) in [5.41, 5.74) is 8.40. The van der Waals surface area contributed by atoms with Crippen molar-refractivity contribution in [2.45, 2.75) is 33.7 Å². The zero-order valence-electron chi connectivity index (χ0n) is 9.26. The van der Waals surface area contributed by atoms with E-state index in [0.29, 0.717) is 0 Å². The predicted molar refractivity (Wildman–Crippen MR) is 62.6 cm³/mol. The van der Waals surface area contributed by atoms with Gasteiger partial charge in [0.2, 0.25) is 0 Å².